The standard InChI is InChI=1S/C14H11BrN2O2/c1-18-13-6-8-2-3-10(15)4-9(8)5-11(13)12-7-17-19-14(12)16/h2-7H,16H2,1H3. The first-order chi connectivity index (χ1) is 9.19. The number of ether oxygens (including phenoxy) is 1. The van der Waals surface area contributed by atoms with Crippen molar-refractivity contribution in [3.8, 4) is 16.9 Å². The van der Waals surface area contributed by atoms with E-state index in [2.05, 4.69) is 21.1 Å². The first-order valence-corrected chi connectivity index (χ1v) is 6.46. The van der Waals surface area contributed by atoms with Crippen molar-refractivity contribution in [2.24, 2.45) is 0 Å². The van der Waals surface area contributed by atoms with E-state index in [4.69, 9.17) is 15.0 Å². The van der Waals surface area contributed by atoms with Crippen LogP contribution < -0.4 is 10.5 Å². The molecule has 0 atom stereocenters. The summed E-state index contributed by atoms with van der Waals surface area (Å²) < 4.78 is 11.4. The third-order valence-electron chi connectivity index (χ3n) is 3.01. The molecule has 96 valence electrons. The number of methoxy groups -OCH3 is 1. The third-order valence-corrected chi connectivity index (χ3v) is 3.50. The van der Waals surface area contributed by atoms with E-state index in [1.165, 1.54) is 0 Å². The van der Waals surface area contributed by atoms with Gasteiger partial charge in [-0.3, -0.25) is 0 Å². The number of rotatable bonds is 2. The zero-order chi connectivity index (χ0) is 13.4. The van der Waals surface area contributed by atoms with Gasteiger partial charge >= 0.3 is 0 Å². The van der Waals surface area contributed by atoms with Crippen molar-refractivity contribution >= 4 is 32.6 Å². The minimum absolute atomic E-state index is 0.285. The molecule has 0 unspecified atom stereocenters. The molecule has 0 saturated heterocycles. The summed E-state index contributed by atoms with van der Waals surface area (Å²) in [6.45, 7) is 0. The minimum Gasteiger partial charge on any atom is -0.496 e. The lowest BCUT2D eigenvalue weighted by molar-refractivity contribution is 0.417. The van der Waals surface area contributed by atoms with E-state index in [9.17, 15) is 0 Å². The zero-order valence-electron chi connectivity index (χ0n) is 10.2. The van der Waals surface area contributed by atoms with Crippen LogP contribution in [0.1, 0.15) is 0 Å². The van der Waals surface area contributed by atoms with E-state index in [1.54, 1.807) is 13.3 Å². The van der Waals surface area contributed by atoms with Crippen LogP contribution in [0.4, 0.5) is 5.88 Å². The largest absolute Gasteiger partial charge is 0.496 e. The summed E-state index contributed by atoms with van der Waals surface area (Å²) in [5, 5.41) is 5.89. The van der Waals surface area contributed by atoms with Crippen LogP contribution in [0, 0.1) is 0 Å². The highest BCUT2D eigenvalue weighted by molar-refractivity contribution is 9.10. The average molecular weight is 319 g/mol. The fourth-order valence-electron chi connectivity index (χ4n) is 2.08. The number of anilines is 1. The van der Waals surface area contributed by atoms with Crippen LogP contribution in [0.15, 0.2) is 45.5 Å². The van der Waals surface area contributed by atoms with Gasteiger partial charge in [-0.2, -0.15) is 0 Å². The molecule has 1 heterocycles. The number of halogens is 1. The molecule has 5 heteroatoms. The second-order valence-corrected chi connectivity index (χ2v) is 5.06. The Labute approximate surface area is 118 Å². The molecule has 0 fully saturated rings. The fraction of sp³-hybridized carbons (Fsp3) is 0.0714. The van der Waals surface area contributed by atoms with Crippen LogP contribution >= 0.6 is 15.9 Å². The van der Waals surface area contributed by atoms with Gasteiger partial charge in [0.2, 0.25) is 5.88 Å². The maximum Gasteiger partial charge on any atom is 0.230 e. The normalized spacial score (nSPS) is 10.8. The van der Waals surface area contributed by atoms with Crippen LogP contribution in [0.2, 0.25) is 0 Å². The monoisotopic (exact) mass is 318 g/mol. The number of nitrogens with two attached hydrogens (primary N) is 1. The SMILES string of the molecule is COc1cc2ccc(Br)cc2cc1-c1cnoc1N. The highest BCUT2D eigenvalue weighted by Crippen LogP contribution is 2.37. The maximum atomic E-state index is 5.78. The number of aromatic nitrogens is 1. The lowest BCUT2D eigenvalue weighted by Crippen LogP contribution is -1.91. The number of hydrogen-bond donors (Lipinski definition) is 1. The molecule has 1 aromatic heterocycles. The van der Waals surface area contributed by atoms with Crippen LogP contribution in [0.5, 0.6) is 5.75 Å². The lowest BCUT2D eigenvalue weighted by Gasteiger charge is -2.09. The summed E-state index contributed by atoms with van der Waals surface area (Å²) in [6, 6.07) is 10.1. The Balaban J connectivity index is 2.31. The van der Waals surface area contributed by atoms with Gasteiger partial charge in [0.15, 0.2) is 0 Å². The van der Waals surface area contributed by atoms with Crippen LogP contribution in [-0.4, -0.2) is 12.3 Å². The first kappa shape index (κ1) is 12.0. The molecule has 4 nitrogen and oxygen atoms in total. The quantitative estimate of drug-likeness (QED) is 0.779. The highest BCUT2D eigenvalue weighted by Gasteiger charge is 2.13. The van der Waals surface area contributed by atoms with E-state index >= 15 is 0 Å². The number of hydrogen-bond acceptors (Lipinski definition) is 4. The van der Waals surface area contributed by atoms with Gasteiger partial charge in [0.1, 0.15) is 5.75 Å². The topological polar surface area (TPSA) is 61.3 Å². The maximum absolute atomic E-state index is 5.78. The molecule has 2 aromatic carbocycles. The van der Waals surface area contributed by atoms with E-state index < -0.39 is 0 Å². The van der Waals surface area contributed by atoms with Crippen molar-refractivity contribution in [2.75, 3.05) is 12.8 Å². The third kappa shape index (κ3) is 2.06. The van der Waals surface area contributed by atoms with Crippen molar-refractivity contribution in [2.45, 2.75) is 0 Å². The molecular formula is C14H11BrN2O2. The summed E-state index contributed by atoms with van der Waals surface area (Å²) in [4.78, 5) is 0. The number of fused-ring (bicyclic) bond motifs is 1. The fourth-order valence-corrected chi connectivity index (χ4v) is 2.46. The molecule has 0 spiro atoms. The zero-order valence-corrected chi connectivity index (χ0v) is 11.8. The van der Waals surface area contributed by atoms with E-state index in [-0.39, 0.29) is 5.88 Å². The number of nitrogens with zero attached hydrogens (tertiary/aromatic N) is 1. The Hall–Kier alpha value is -2.01. The minimum atomic E-state index is 0.285. The Bertz CT molecular complexity index is 752. The molecule has 0 aliphatic heterocycles. The molecule has 19 heavy (non-hydrogen) atoms. The molecule has 0 saturated carbocycles. The van der Waals surface area contributed by atoms with Gasteiger partial charge in [-0.05, 0) is 35.0 Å². The summed E-state index contributed by atoms with van der Waals surface area (Å²) in [5.41, 5.74) is 7.38. The lowest BCUT2D eigenvalue weighted by atomic mass is 10.0. The number of nitrogen functional groups attached to an aromatic ring is 1. The molecule has 0 radical (unpaired) electrons. The summed E-state index contributed by atoms with van der Waals surface area (Å²) in [5.74, 6) is 1.03. The Kier molecular flexibility index (Phi) is 2.91. The van der Waals surface area contributed by atoms with Crippen LogP contribution in [-0.2, 0) is 0 Å². The smallest absolute Gasteiger partial charge is 0.230 e. The van der Waals surface area contributed by atoms with Crippen molar-refractivity contribution in [3.05, 3.63) is 41.0 Å². The van der Waals surface area contributed by atoms with Gasteiger partial charge in [-0.15, -0.1) is 0 Å². The predicted octanol–water partition coefficient (Wildman–Crippen LogP) is 3.85. The Morgan fingerprint density at radius 2 is 2.00 bits per heavy atom. The highest BCUT2D eigenvalue weighted by atomic mass is 79.9. The van der Waals surface area contributed by atoms with Crippen molar-refractivity contribution in [3.63, 3.8) is 0 Å². The van der Waals surface area contributed by atoms with Crippen molar-refractivity contribution < 1.29 is 9.26 Å². The van der Waals surface area contributed by atoms with Gasteiger partial charge < -0.3 is 15.0 Å². The van der Waals surface area contributed by atoms with Crippen molar-refractivity contribution in [1.29, 1.82) is 0 Å². The molecule has 2 N–H and O–H groups in total. The second-order valence-electron chi connectivity index (χ2n) is 4.15. The van der Waals surface area contributed by atoms with Gasteiger partial charge in [-0.25, -0.2) is 0 Å². The van der Waals surface area contributed by atoms with Gasteiger partial charge in [0.25, 0.3) is 0 Å². The molecule has 3 rings (SSSR count). The Morgan fingerprint density at radius 3 is 2.68 bits per heavy atom. The summed E-state index contributed by atoms with van der Waals surface area (Å²) in [6.07, 6.45) is 1.59. The first-order valence-electron chi connectivity index (χ1n) is 5.67. The van der Waals surface area contributed by atoms with Gasteiger partial charge in [0, 0.05) is 10.0 Å². The van der Waals surface area contributed by atoms with Crippen LogP contribution in [0.25, 0.3) is 21.9 Å². The second kappa shape index (κ2) is 4.59. The van der Waals surface area contributed by atoms with E-state index in [1.807, 2.05) is 30.3 Å². The average Bonchev–Trinajstić information content (AvgIpc) is 2.83. The van der Waals surface area contributed by atoms with E-state index in [0.29, 0.717) is 0 Å². The van der Waals surface area contributed by atoms with Gasteiger partial charge in [-0.1, -0.05) is 27.2 Å². The van der Waals surface area contributed by atoms with E-state index in [0.717, 1.165) is 32.1 Å². The van der Waals surface area contributed by atoms with Crippen LogP contribution in [0.3, 0.4) is 0 Å². The molecule has 3 aromatic rings. The summed E-state index contributed by atoms with van der Waals surface area (Å²) in [7, 11) is 1.63. The predicted molar refractivity (Wildman–Crippen MR) is 78.1 cm³/mol. The number of benzene rings is 2. The molecule has 0 aliphatic carbocycles. The molecule has 0 bridgehead atoms. The molecular weight excluding hydrogens is 308 g/mol. The summed E-state index contributed by atoms with van der Waals surface area (Å²) >= 11 is 3.47. The molecule has 0 aliphatic rings. The molecule has 0 amide bonds. The van der Waals surface area contributed by atoms with Gasteiger partial charge in [0.05, 0.1) is 18.9 Å². The van der Waals surface area contributed by atoms with Crippen molar-refractivity contribution in [1.82, 2.24) is 5.16 Å². The Morgan fingerprint density at radius 1 is 1.16 bits per heavy atom.